The molecular weight excluding hydrogens is 289 g/mol. The van der Waals surface area contributed by atoms with E-state index in [-0.39, 0.29) is 0 Å². The summed E-state index contributed by atoms with van der Waals surface area (Å²) in [6.45, 7) is 2.04. The Morgan fingerprint density at radius 3 is 2.36 bits per heavy atom. The number of alkyl halides is 3. The Morgan fingerprint density at radius 1 is 1.14 bits per heavy atom. The predicted octanol–water partition coefficient (Wildman–Crippen LogP) is 3.83. The average molecular weight is 309 g/mol. The minimum atomic E-state index is -4.33. The van der Waals surface area contributed by atoms with E-state index in [0.29, 0.717) is 5.56 Å². The number of hydrogen-bond acceptors (Lipinski definition) is 1. The molecule has 0 radical (unpaired) electrons. The minimum absolute atomic E-state index is 0.574. The van der Waals surface area contributed by atoms with Crippen LogP contribution in [0.5, 0.6) is 0 Å². The lowest BCUT2D eigenvalue weighted by Gasteiger charge is -2.20. The van der Waals surface area contributed by atoms with Gasteiger partial charge in [-0.1, -0.05) is 19.1 Å². The summed E-state index contributed by atoms with van der Waals surface area (Å²) in [7, 11) is 5.70. The molecule has 0 aliphatic rings. The van der Waals surface area contributed by atoms with Gasteiger partial charge >= 0.3 is 6.18 Å². The lowest BCUT2D eigenvalue weighted by molar-refractivity contribution is -0.671. The van der Waals surface area contributed by atoms with Crippen molar-refractivity contribution in [3.63, 3.8) is 0 Å². The maximum Gasteiger partial charge on any atom is 0.416 e. The highest BCUT2D eigenvalue weighted by molar-refractivity contribution is 5.79. The average Bonchev–Trinajstić information content (AvgIpc) is 2.45. The first-order valence-electron chi connectivity index (χ1n) is 7.11. The molecule has 2 aromatic rings. The van der Waals surface area contributed by atoms with E-state index in [9.17, 15) is 13.2 Å². The third-order valence-electron chi connectivity index (χ3n) is 3.58. The SMILES string of the molecule is CCc1c[n+](C)cc(-c2cccc(C(F)(F)F)c2)c1N(C)C. The van der Waals surface area contributed by atoms with Crippen LogP contribution in [0, 0.1) is 0 Å². The first-order chi connectivity index (χ1) is 10.2. The molecule has 0 N–H and O–H groups in total. The van der Waals surface area contributed by atoms with Crippen LogP contribution in [0.25, 0.3) is 11.1 Å². The summed E-state index contributed by atoms with van der Waals surface area (Å²) >= 11 is 0. The van der Waals surface area contributed by atoms with Crippen LogP contribution in [0.2, 0.25) is 0 Å². The van der Waals surface area contributed by atoms with Crippen LogP contribution in [0.4, 0.5) is 18.9 Å². The van der Waals surface area contributed by atoms with Crippen molar-refractivity contribution in [2.45, 2.75) is 19.5 Å². The highest BCUT2D eigenvalue weighted by Gasteiger charge is 2.31. The van der Waals surface area contributed by atoms with Crippen molar-refractivity contribution in [3.05, 3.63) is 47.8 Å². The molecule has 0 atom stereocenters. The van der Waals surface area contributed by atoms with Crippen LogP contribution >= 0.6 is 0 Å². The normalized spacial score (nSPS) is 11.6. The van der Waals surface area contributed by atoms with Gasteiger partial charge in [-0.2, -0.15) is 13.2 Å². The van der Waals surface area contributed by atoms with Gasteiger partial charge in [0.05, 0.1) is 16.8 Å². The van der Waals surface area contributed by atoms with E-state index in [4.69, 9.17) is 0 Å². The molecule has 0 saturated carbocycles. The summed E-state index contributed by atoms with van der Waals surface area (Å²) in [5.41, 5.74) is 2.81. The quantitative estimate of drug-likeness (QED) is 0.782. The van der Waals surface area contributed by atoms with Gasteiger partial charge in [0.2, 0.25) is 0 Å². The molecular formula is C17H20F3N2+. The molecule has 0 aliphatic carbocycles. The molecule has 1 heterocycles. The summed E-state index contributed by atoms with van der Waals surface area (Å²) in [6.07, 6.45) is 0.351. The number of anilines is 1. The summed E-state index contributed by atoms with van der Waals surface area (Å²) in [4.78, 5) is 1.95. The standard InChI is InChI=1S/C17H20F3N2/c1-5-12-10-22(4)11-15(16(12)21(2)3)13-7-6-8-14(9-13)17(18,19)20/h6-11H,5H2,1-4H3/q+1. The van der Waals surface area contributed by atoms with E-state index in [1.807, 2.05) is 49.9 Å². The van der Waals surface area contributed by atoms with Crippen LogP contribution < -0.4 is 9.47 Å². The maximum atomic E-state index is 13.0. The largest absolute Gasteiger partial charge is 0.416 e. The maximum absolute atomic E-state index is 13.0. The molecule has 0 aliphatic heterocycles. The number of benzene rings is 1. The zero-order chi connectivity index (χ0) is 16.5. The fourth-order valence-electron chi connectivity index (χ4n) is 2.64. The summed E-state index contributed by atoms with van der Waals surface area (Å²) in [5, 5.41) is 0. The van der Waals surface area contributed by atoms with Gasteiger partial charge in [-0.25, -0.2) is 4.57 Å². The first-order valence-corrected chi connectivity index (χ1v) is 7.11. The molecule has 22 heavy (non-hydrogen) atoms. The Balaban J connectivity index is 2.69. The molecule has 2 rings (SSSR count). The van der Waals surface area contributed by atoms with Crippen LogP contribution in [0.1, 0.15) is 18.1 Å². The second-order valence-corrected chi connectivity index (χ2v) is 5.54. The molecule has 2 nitrogen and oxygen atoms in total. The van der Waals surface area contributed by atoms with Crippen molar-refractivity contribution in [3.8, 4) is 11.1 Å². The van der Waals surface area contributed by atoms with Crippen molar-refractivity contribution < 1.29 is 17.7 Å². The molecule has 118 valence electrons. The molecule has 0 unspecified atom stereocenters. The van der Waals surface area contributed by atoms with E-state index in [0.717, 1.165) is 29.3 Å². The molecule has 1 aromatic heterocycles. The van der Waals surface area contributed by atoms with Crippen molar-refractivity contribution in [2.24, 2.45) is 7.05 Å². The molecule has 0 spiro atoms. The Labute approximate surface area is 128 Å². The van der Waals surface area contributed by atoms with Gasteiger partial charge in [-0.3, -0.25) is 0 Å². The number of rotatable bonds is 3. The Bertz CT molecular complexity index is 676. The van der Waals surface area contributed by atoms with Gasteiger partial charge < -0.3 is 4.90 Å². The fraction of sp³-hybridized carbons (Fsp3) is 0.353. The van der Waals surface area contributed by atoms with Crippen LogP contribution in [0.15, 0.2) is 36.7 Å². The van der Waals surface area contributed by atoms with E-state index in [1.54, 1.807) is 6.07 Å². The van der Waals surface area contributed by atoms with Crippen molar-refractivity contribution in [1.29, 1.82) is 0 Å². The number of pyridine rings is 1. The van der Waals surface area contributed by atoms with Gasteiger partial charge in [0.15, 0.2) is 12.4 Å². The van der Waals surface area contributed by atoms with Gasteiger partial charge in [-0.15, -0.1) is 0 Å². The Hall–Kier alpha value is -2.04. The van der Waals surface area contributed by atoms with E-state index >= 15 is 0 Å². The van der Waals surface area contributed by atoms with Gasteiger partial charge in [0.25, 0.3) is 0 Å². The van der Waals surface area contributed by atoms with Crippen LogP contribution in [-0.4, -0.2) is 14.1 Å². The summed E-state index contributed by atoms with van der Waals surface area (Å²) in [6, 6.07) is 5.48. The number of aryl methyl sites for hydroxylation is 2. The second kappa shape index (κ2) is 5.99. The van der Waals surface area contributed by atoms with Crippen molar-refractivity contribution in [1.82, 2.24) is 0 Å². The number of hydrogen-bond donors (Lipinski definition) is 0. The van der Waals surface area contributed by atoms with E-state index < -0.39 is 11.7 Å². The van der Waals surface area contributed by atoms with E-state index in [2.05, 4.69) is 0 Å². The Kier molecular flexibility index (Phi) is 4.44. The molecule has 0 amide bonds. The first kappa shape index (κ1) is 16.3. The highest BCUT2D eigenvalue weighted by Crippen LogP contribution is 2.36. The third kappa shape index (κ3) is 3.24. The zero-order valence-electron chi connectivity index (χ0n) is 13.2. The number of nitrogens with zero attached hydrogens (tertiary/aromatic N) is 2. The fourth-order valence-corrected chi connectivity index (χ4v) is 2.64. The zero-order valence-corrected chi connectivity index (χ0v) is 13.2. The van der Waals surface area contributed by atoms with E-state index in [1.165, 1.54) is 12.1 Å². The molecule has 0 fully saturated rings. The van der Waals surface area contributed by atoms with Crippen LogP contribution in [0.3, 0.4) is 0 Å². The van der Waals surface area contributed by atoms with Gasteiger partial charge in [-0.05, 0) is 24.1 Å². The topological polar surface area (TPSA) is 7.12 Å². The van der Waals surface area contributed by atoms with Crippen LogP contribution in [-0.2, 0) is 19.6 Å². The Morgan fingerprint density at radius 2 is 1.82 bits per heavy atom. The van der Waals surface area contributed by atoms with Crippen molar-refractivity contribution >= 4 is 5.69 Å². The van der Waals surface area contributed by atoms with Gasteiger partial charge in [0, 0.05) is 19.7 Å². The second-order valence-electron chi connectivity index (χ2n) is 5.54. The lowest BCUT2D eigenvalue weighted by atomic mass is 9.99. The monoisotopic (exact) mass is 309 g/mol. The lowest BCUT2D eigenvalue weighted by Crippen LogP contribution is -2.29. The van der Waals surface area contributed by atoms with Gasteiger partial charge in [0.1, 0.15) is 7.05 Å². The number of aromatic nitrogens is 1. The molecule has 1 aromatic carbocycles. The summed E-state index contributed by atoms with van der Waals surface area (Å²) in [5.74, 6) is 0. The smallest absolute Gasteiger partial charge is 0.377 e. The molecule has 5 heteroatoms. The summed E-state index contributed by atoms with van der Waals surface area (Å²) < 4.78 is 40.7. The third-order valence-corrected chi connectivity index (χ3v) is 3.58. The highest BCUT2D eigenvalue weighted by atomic mass is 19.4. The molecule has 0 bridgehead atoms. The number of halogens is 3. The molecule has 0 saturated heterocycles. The predicted molar refractivity (Wildman–Crippen MR) is 81.8 cm³/mol. The minimum Gasteiger partial charge on any atom is -0.377 e. The van der Waals surface area contributed by atoms with Crippen molar-refractivity contribution in [2.75, 3.05) is 19.0 Å².